The zero-order valence-electron chi connectivity index (χ0n) is 11.8. The zero-order valence-corrected chi connectivity index (χ0v) is 11.8. The predicted molar refractivity (Wildman–Crippen MR) is 77.0 cm³/mol. The van der Waals surface area contributed by atoms with Crippen molar-refractivity contribution in [1.29, 1.82) is 0 Å². The topological polar surface area (TPSA) is 75.4 Å². The first-order valence-corrected chi connectivity index (χ1v) is 6.93. The summed E-state index contributed by atoms with van der Waals surface area (Å²) < 4.78 is 0. The third-order valence-electron chi connectivity index (χ3n) is 3.46. The number of benzene rings is 1. The molecule has 3 N–H and O–H groups in total. The second-order valence-electron chi connectivity index (χ2n) is 5.35. The molecule has 2 rings (SSSR count). The van der Waals surface area contributed by atoms with Crippen LogP contribution in [0.2, 0.25) is 0 Å². The van der Waals surface area contributed by atoms with Gasteiger partial charge in [0.25, 0.3) is 0 Å². The number of rotatable bonds is 6. The number of imide groups is 1. The Hall–Kier alpha value is -1.88. The number of amides is 3. The van der Waals surface area contributed by atoms with Gasteiger partial charge in [0, 0.05) is 25.6 Å². The molecule has 0 radical (unpaired) electrons. The molecule has 0 aromatic heterocycles. The van der Waals surface area contributed by atoms with Crippen molar-refractivity contribution in [2.75, 3.05) is 6.54 Å². The summed E-state index contributed by atoms with van der Waals surface area (Å²) in [6.07, 6.45) is 2.66. The van der Waals surface area contributed by atoms with Gasteiger partial charge in [-0.2, -0.15) is 0 Å². The third kappa shape index (κ3) is 4.66. The Bertz CT molecular complexity index is 480. The van der Waals surface area contributed by atoms with Gasteiger partial charge in [0.1, 0.15) is 0 Å². The Morgan fingerprint density at radius 1 is 1.30 bits per heavy atom. The van der Waals surface area contributed by atoms with Gasteiger partial charge in [0.2, 0.25) is 5.91 Å². The summed E-state index contributed by atoms with van der Waals surface area (Å²) in [4.78, 5) is 24.4. The zero-order chi connectivity index (χ0) is 14.5. The minimum Gasteiger partial charge on any atom is -0.351 e. The van der Waals surface area contributed by atoms with Crippen LogP contribution in [0.25, 0.3) is 0 Å². The highest BCUT2D eigenvalue weighted by molar-refractivity contribution is 5.93. The van der Waals surface area contributed by atoms with Gasteiger partial charge in [-0.15, -0.1) is 0 Å². The lowest BCUT2D eigenvalue weighted by molar-refractivity contribution is -0.120. The normalized spacial score (nSPS) is 14.3. The fourth-order valence-electron chi connectivity index (χ4n) is 2.20. The Kier molecular flexibility index (Phi) is 4.74. The monoisotopic (exact) mass is 275 g/mol. The number of nitrogens with zero attached hydrogens (tertiary/aromatic N) is 1. The Balaban J connectivity index is 1.86. The highest BCUT2D eigenvalue weighted by Gasteiger charge is 2.29. The second kappa shape index (κ2) is 6.52. The Morgan fingerprint density at radius 2 is 1.95 bits per heavy atom. The largest absolute Gasteiger partial charge is 0.351 e. The van der Waals surface area contributed by atoms with Crippen LogP contribution < -0.4 is 11.1 Å². The average molecular weight is 275 g/mol. The SMILES string of the molecule is Cc1ccc(CN(CCC(=O)NC(N)=O)C2CC2)cc1. The molecule has 108 valence electrons. The molecule has 1 aliphatic carbocycles. The molecular weight excluding hydrogens is 254 g/mol. The molecule has 0 saturated heterocycles. The molecule has 3 amide bonds. The summed E-state index contributed by atoms with van der Waals surface area (Å²) in [5.74, 6) is -0.313. The fraction of sp³-hybridized carbons (Fsp3) is 0.467. The lowest BCUT2D eigenvalue weighted by Gasteiger charge is -2.21. The summed E-state index contributed by atoms with van der Waals surface area (Å²) in [6, 6.07) is 8.21. The first-order chi connectivity index (χ1) is 9.54. The van der Waals surface area contributed by atoms with E-state index < -0.39 is 6.03 Å². The van der Waals surface area contributed by atoms with Gasteiger partial charge < -0.3 is 5.73 Å². The number of hydrogen-bond acceptors (Lipinski definition) is 3. The van der Waals surface area contributed by atoms with Crippen LogP contribution in [0.1, 0.15) is 30.4 Å². The molecule has 0 unspecified atom stereocenters. The van der Waals surface area contributed by atoms with Gasteiger partial charge >= 0.3 is 6.03 Å². The van der Waals surface area contributed by atoms with Crippen molar-refractivity contribution < 1.29 is 9.59 Å². The van der Waals surface area contributed by atoms with Crippen LogP contribution in [0.4, 0.5) is 4.79 Å². The first-order valence-electron chi connectivity index (χ1n) is 6.93. The standard InChI is InChI=1S/C15H21N3O2/c1-11-2-4-12(5-3-11)10-18(13-6-7-13)9-8-14(19)17-15(16)20/h2-5,13H,6-10H2,1H3,(H3,16,17,19,20). The summed E-state index contributed by atoms with van der Waals surface area (Å²) in [5, 5.41) is 2.10. The summed E-state index contributed by atoms with van der Waals surface area (Å²) in [7, 11) is 0. The molecule has 1 saturated carbocycles. The number of hydrogen-bond donors (Lipinski definition) is 2. The van der Waals surface area contributed by atoms with Crippen molar-refractivity contribution >= 4 is 11.9 Å². The maximum absolute atomic E-state index is 11.5. The molecule has 20 heavy (non-hydrogen) atoms. The Morgan fingerprint density at radius 3 is 2.50 bits per heavy atom. The molecule has 1 aromatic carbocycles. The van der Waals surface area contributed by atoms with Crippen LogP contribution in [0, 0.1) is 6.92 Å². The van der Waals surface area contributed by atoms with Gasteiger partial charge in [-0.3, -0.25) is 15.0 Å². The third-order valence-corrected chi connectivity index (χ3v) is 3.46. The second-order valence-corrected chi connectivity index (χ2v) is 5.35. The van der Waals surface area contributed by atoms with Gasteiger partial charge in [0.05, 0.1) is 0 Å². The van der Waals surface area contributed by atoms with E-state index in [1.165, 1.54) is 24.0 Å². The van der Waals surface area contributed by atoms with Crippen LogP contribution in [-0.4, -0.2) is 29.4 Å². The summed E-state index contributed by atoms with van der Waals surface area (Å²) >= 11 is 0. The maximum Gasteiger partial charge on any atom is 0.318 e. The van der Waals surface area contributed by atoms with Crippen LogP contribution in [0.3, 0.4) is 0 Å². The molecule has 5 heteroatoms. The minimum absolute atomic E-state index is 0.297. The van der Waals surface area contributed by atoms with Crippen molar-refractivity contribution in [2.45, 2.75) is 38.8 Å². The van der Waals surface area contributed by atoms with Crippen molar-refractivity contribution in [3.05, 3.63) is 35.4 Å². The molecule has 1 aromatic rings. The molecular formula is C15H21N3O2. The fourth-order valence-corrected chi connectivity index (χ4v) is 2.20. The number of urea groups is 1. The quantitative estimate of drug-likeness (QED) is 0.827. The number of nitrogens with two attached hydrogens (primary N) is 1. The molecule has 0 spiro atoms. The van der Waals surface area contributed by atoms with Crippen molar-refractivity contribution in [2.24, 2.45) is 5.73 Å². The molecule has 0 heterocycles. The Labute approximate surface area is 119 Å². The molecule has 0 bridgehead atoms. The van der Waals surface area contributed by atoms with Crippen LogP contribution >= 0.6 is 0 Å². The van der Waals surface area contributed by atoms with Gasteiger partial charge in [-0.05, 0) is 25.3 Å². The minimum atomic E-state index is -0.786. The van der Waals surface area contributed by atoms with E-state index in [-0.39, 0.29) is 5.91 Å². The summed E-state index contributed by atoms with van der Waals surface area (Å²) in [6.45, 7) is 3.56. The van der Waals surface area contributed by atoms with Gasteiger partial charge in [0.15, 0.2) is 0 Å². The predicted octanol–water partition coefficient (Wildman–Crippen LogP) is 1.54. The van der Waals surface area contributed by atoms with Gasteiger partial charge in [-0.1, -0.05) is 29.8 Å². The van der Waals surface area contributed by atoms with Gasteiger partial charge in [-0.25, -0.2) is 4.79 Å². The smallest absolute Gasteiger partial charge is 0.318 e. The highest BCUT2D eigenvalue weighted by atomic mass is 16.2. The van der Waals surface area contributed by atoms with E-state index in [4.69, 9.17) is 5.73 Å². The maximum atomic E-state index is 11.5. The average Bonchev–Trinajstić information content (AvgIpc) is 3.20. The van der Waals surface area contributed by atoms with E-state index >= 15 is 0 Å². The lowest BCUT2D eigenvalue weighted by Crippen LogP contribution is -2.37. The van der Waals surface area contributed by atoms with E-state index in [0.29, 0.717) is 19.0 Å². The molecule has 1 fully saturated rings. The number of aryl methyl sites for hydroxylation is 1. The number of carbonyl (C=O) groups excluding carboxylic acids is 2. The van der Waals surface area contributed by atoms with Crippen LogP contribution in [0.15, 0.2) is 24.3 Å². The van der Waals surface area contributed by atoms with Crippen molar-refractivity contribution in [3.8, 4) is 0 Å². The molecule has 0 aliphatic heterocycles. The van der Waals surface area contributed by atoms with Crippen LogP contribution in [-0.2, 0) is 11.3 Å². The molecule has 5 nitrogen and oxygen atoms in total. The van der Waals surface area contributed by atoms with E-state index in [2.05, 4.69) is 41.4 Å². The number of primary amides is 1. The lowest BCUT2D eigenvalue weighted by atomic mass is 10.1. The first kappa shape index (κ1) is 14.5. The summed E-state index contributed by atoms with van der Waals surface area (Å²) in [5.41, 5.74) is 7.42. The van der Waals surface area contributed by atoms with Crippen molar-refractivity contribution in [1.82, 2.24) is 10.2 Å². The van der Waals surface area contributed by atoms with E-state index in [1.54, 1.807) is 0 Å². The number of carbonyl (C=O) groups is 2. The molecule has 0 atom stereocenters. The molecule has 1 aliphatic rings. The number of nitrogens with one attached hydrogen (secondary N) is 1. The van der Waals surface area contributed by atoms with E-state index in [0.717, 1.165) is 6.54 Å². The van der Waals surface area contributed by atoms with Crippen molar-refractivity contribution in [3.63, 3.8) is 0 Å². The highest BCUT2D eigenvalue weighted by Crippen LogP contribution is 2.28. The van der Waals surface area contributed by atoms with Crippen LogP contribution in [0.5, 0.6) is 0 Å². The van der Waals surface area contributed by atoms with E-state index in [9.17, 15) is 9.59 Å². The van der Waals surface area contributed by atoms with E-state index in [1.807, 2.05) is 0 Å².